The predicted octanol–water partition coefficient (Wildman–Crippen LogP) is 4.40. The van der Waals surface area contributed by atoms with Gasteiger partial charge in [-0.3, -0.25) is 9.59 Å². The first kappa shape index (κ1) is 23.1. The summed E-state index contributed by atoms with van der Waals surface area (Å²) in [5, 5.41) is 20.6. The number of ketones is 2. The fourth-order valence-electron chi connectivity index (χ4n) is 3.17. The highest BCUT2D eigenvalue weighted by molar-refractivity contribution is 6.30. The van der Waals surface area contributed by atoms with Gasteiger partial charge in [-0.15, -0.1) is 0 Å². The summed E-state index contributed by atoms with van der Waals surface area (Å²) in [5.41, 5.74) is 0.223. The number of esters is 1. The van der Waals surface area contributed by atoms with Crippen LogP contribution in [0.5, 0.6) is 17.2 Å². The SMILES string of the molecule is CC(C)=CC[C@@H](OC(=O)COc1ccc(Cl)cc1)C1=CC(=O)c2c(O)ccc(O)c2C1=O. The molecule has 8 heteroatoms. The zero-order valence-corrected chi connectivity index (χ0v) is 18.2. The van der Waals surface area contributed by atoms with Gasteiger partial charge in [-0.25, -0.2) is 4.79 Å². The summed E-state index contributed by atoms with van der Waals surface area (Å²) < 4.78 is 10.9. The fraction of sp³-hybridized carbons (Fsp3) is 0.208. The Kier molecular flexibility index (Phi) is 7.00. The summed E-state index contributed by atoms with van der Waals surface area (Å²) in [6.07, 6.45) is 1.83. The number of benzene rings is 2. The lowest BCUT2D eigenvalue weighted by Crippen LogP contribution is -2.30. The molecule has 0 bridgehead atoms. The minimum Gasteiger partial charge on any atom is -0.507 e. The van der Waals surface area contributed by atoms with E-state index in [4.69, 9.17) is 21.1 Å². The van der Waals surface area contributed by atoms with Gasteiger partial charge in [0.05, 0.1) is 11.1 Å². The van der Waals surface area contributed by atoms with E-state index in [0.717, 1.165) is 23.8 Å². The maximum atomic E-state index is 13.1. The smallest absolute Gasteiger partial charge is 0.344 e. The van der Waals surface area contributed by atoms with Gasteiger partial charge in [-0.2, -0.15) is 0 Å². The molecule has 1 aliphatic carbocycles. The van der Waals surface area contributed by atoms with Crippen molar-refractivity contribution in [3.05, 3.63) is 75.8 Å². The van der Waals surface area contributed by atoms with Gasteiger partial charge in [0.15, 0.2) is 18.2 Å². The molecule has 0 unspecified atom stereocenters. The lowest BCUT2D eigenvalue weighted by atomic mass is 9.85. The maximum absolute atomic E-state index is 13.1. The van der Waals surface area contributed by atoms with E-state index in [-0.39, 0.29) is 23.1 Å². The Morgan fingerprint density at radius 3 is 2.28 bits per heavy atom. The third-order valence-corrected chi connectivity index (χ3v) is 4.97. The molecule has 0 aromatic heterocycles. The first-order chi connectivity index (χ1) is 15.2. The summed E-state index contributed by atoms with van der Waals surface area (Å²) in [6.45, 7) is 3.25. The van der Waals surface area contributed by atoms with Crippen molar-refractivity contribution >= 4 is 29.1 Å². The Morgan fingerprint density at radius 2 is 1.66 bits per heavy atom. The zero-order chi connectivity index (χ0) is 23.4. The monoisotopic (exact) mass is 456 g/mol. The van der Waals surface area contributed by atoms with Crippen LogP contribution in [-0.4, -0.2) is 40.5 Å². The van der Waals surface area contributed by atoms with Crippen LogP contribution in [0.1, 0.15) is 41.0 Å². The number of halogens is 1. The number of hydrogen-bond acceptors (Lipinski definition) is 7. The quantitative estimate of drug-likeness (QED) is 0.361. The molecule has 0 saturated heterocycles. The van der Waals surface area contributed by atoms with Crippen LogP contribution in [0.4, 0.5) is 0 Å². The van der Waals surface area contributed by atoms with Gasteiger partial charge < -0.3 is 19.7 Å². The third kappa shape index (κ3) is 5.18. The number of phenols is 2. The highest BCUT2D eigenvalue weighted by Crippen LogP contribution is 2.36. The van der Waals surface area contributed by atoms with Crippen molar-refractivity contribution in [3.8, 4) is 17.2 Å². The molecule has 3 rings (SSSR count). The van der Waals surface area contributed by atoms with E-state index in [0.29, 0.717) is 10.8 Å². The van der Waals surface area contributed by atoms with Crippen LogP contribution in [0.25, 0.3) is 0 Å². The zero-order valence-electron chi connectivity index (χ0n) is 17.4. The van der Waals surface area contributed by atoms with Crippen LogP contribution < -0.4 is 4.74 Å². The minimum absolute atomic E-state index is 0.0965. The fourth-order valence-corrected chi connectivity index (χ4v) is 3.30. The van der Waals surface area contributed by atoms with E-state index in [2.05, 4.69) is 0 Å². The van der Waals surface area contributed by atoms with Crippen LogP contribution in [-0.2, 0) is 9.53 Å². The van der Waals surface area contributed by atoms with Crippen LogP contribution >= 0.6 is 11.6 Å². The maximum Gasteiger partial charge on any atom is 0.344 e. The molecule has 0 aliphatic heterocycles. The molecule has 166 valence electrons. The molecule has 0 amide bonds. The molecule has 0 saturated carbocycles. The van der Waals surface area contributed by atoms with Crippen molar-refractivity contribution in [2.75, 3.05) is 6.61 Å². The van der Waals surface area contributed by atoms with Crippen molar-refractivity contribution in [2.24, 2.45) is 0 Å². The minimum atomic E-state index is -1.09. The molecular weight excluding hydrogens is 436 g/mol. The van der Waals surface area contributed by atoms with Crippen molar-refractivity contribution < 1.29 is 34.1 Å². The van der Waals surface area contributed by atoms with Gasteiger partial charge in [-0.1, -0.05) is 23.3 Å². The summed E-state index contributed by atoms with van der Waals surface area (Å²) in [6, 6.07) is 8.65. The van der Waals surface area contributed by atoms with Crippen molar-refractivity contribution in [3.63, 3.8) is 0 Å². The highest BCUT2D eigenvalue weighted by atomic mass is 35.5. The Labute approximate surface area is 189 Å². The van der Waals surface area contributed by atoms with Gasteiger partial charge in [0.1, 0.15) is 23.4 Å². The molecule has 0 fully saturated rings. The number of fused-ring (bicyclic) bond motifs is 1. The molecule has 1 atom stereocenters. The number of carbonyl (C=O) groups is 3. The summed E-state index contributed by atoms with van der Waals surface area (Å²) >= 11 is 5.82. The number of phenolic OH excluding ortho intramolecular Hbond substituents is 2. The second-order valence-electron chi connectivity index (χ2n) is 7.39. The van der Waals surface area contributed by atoms with Gasteiger partial charge in [0.25, 0.3) is 0 Å². The number of ether oxygens (including phenoxy) is 2. The van der Waals surface area contributed by atoms with Gasteiger partial charge in [0, 0.05) is 17.0 Å². The van der Waals surface area contributed by atoms with E-state index >= 15 is 0 Å². The number of rotatable bonds is 7. The van der Waals surface area contributed by atoms with Crippen LogP contribution in [0, 0.1) is 0 Å². The standard InChI is InChI=1S/C24H21ClO7/c1-13(2)3-10-20(32-21(29)12-31-15-6-4-14(25)5-7-15)16-11-19(28)22-17(26)8-9-18(27)23(22)24(16)30/h3-9,11,20,26-27H,10,12H2,1-2H3/t20-/m1/s1. The molecule has 0 spiro atoms. The summed E-state index contributed by atoms with van der Waals surface area (Å²) in [7, 11) is 0. The van der Waals surface area contributed by atoms with Gasteiger partial charge >= 0.3 is 5.97 Å². The van der Waals surface area contributed by atoms with E-state index in [1.165, 1.54) is 0 Å². The molecule has 2 aromatic carbocycles. The van der Waals surface area contributed by atoms with Crippen LogP contribution in [0.2, 0.25) is 5.02 Å². The number of carbonyl (C=O) groups excluding carboxylic acids is 3. The molecule has 1 aliphatic rings. The van der Waals surface area contributed by atoms with E-state index in [9.17, 15) is 24.6 Å². The number of aromatic hydroxyl groups is 2. The van der Waals surface area contributed by atoms with Gasteiger partial charge in [-0.05, 0) is 56.3 Å². The van der Waals surface area contributed by atoms with E-state index < -0.39 is 41.7 Å². The lowest BCUT2D eigenvalue weighted by Gasteiger charge is -2.23. The summed E-state index contributed by atoms with van der Waals surface area (Å²) in [5.74, 6) is -2.57. The second-order valence-corrected chi connectivity index (χ2v) is 7.82. The molecule has 7 nitrogen and oxygen atoms in total. The second kappa shape index (κ2) is 9.70. The average Bonchev–Trinajstić information content (AvgIpc) is 2.75. The highest BCUT2D eigenvalue weighted by Gasteiger charge is 2.35. The van der Waals surface area contributed by atoms with Gasteiger partial charge in [0.2, 0.25) is 0 Å². The Hall–Kier alpha value is -3.58. The van der Waals surface area contributed by atoms with E-state index in [1.807, 2.05) is 13.8 Å². The normalized spacial score (nSPS) is 13.7. The predicted molar refractivity (Wildman–Crippen MR) is 117 cm³/mol. The molecule has 2 aromatic rings. The lowest BCUT2D eigenvalue weighted by molar-refractivity contribution is -0.149. The molecule has 0 radical (unpaired) electrons. The van der Waals surface area contributed by atoms with Crippen LogP contribution in [0.3, 0.4) is 0 Å². The first-order valence-electron chi connectivity index (χ1n) is 9.74. The Morgan fingerprint density at radius 1 is 1.03 bits per heavy atom. The van der Waals surface area contributed by atoms with E-state index in [1.54, 1.807) is 30.3 Å². The summed E-state index contributed by atoms with van der Waals surface area (Å²) in [4.78, 5) is 38.1. The first-order valence-corrected chi connectivity index (χ1v) is 10.1. The Balaban J connectivity index is 1.83. The van der Waals surface area contributed by atoms with Crippen molar-refractivity contribution in [2.45, 2.75) is 26.4 Å². The topological polar surface area (TPSA) is 110 Å². The number of hydrogen-bond donors (Lipinski definition) is 2. The number of Topliss-reactive ketones (excluding diaryl/α,β-unsaturated/α-hetero) is 1. The Bertz CT molecular complexity index is 1130. The third-order valence-electron chi connectivity index (χ3n) is 4.71. The largest absolute Gasteiger partial charge is 0.507 e. The average molecular weight is 457 g/mol. The number of allylic oxidation sites excluding steroid dienone is 2. The molecule has 0 heterocycles. The van der Waals surface area contributed by atoms with Crippen molar-refractivity contribution in [1.29, 1.82) is 0 Å². The molecular formula is C24H21ClO7. The molecule has 32 heavy (non-hydrogen) atoms. The molecule has 2 N–H and O–H groups in total. The van der Waals surface area contributed by atoms with Crippen LogP contribution in [0.15, 0.2) is 59.7 Å². The van der Waals surface area contributed by atoms with Crippen molar-refractivity contribution in [1.82, 2.24) is 0 Å².